The molecule has 0 atom stereocenters. The van der Waals surface area contributed by atoms with Crippen LogP contribution in [0.3, 0.4) is 0 Å². The molecule has 1 N–H and O–H groups in total. The van der Waals surface area contributed by atoms with Crippen LogP contribution in [0.1, 0.15) is 72.9 Å². The molecule has 0 radical (unpaired) electrons. The Kier molecular flexibility index (Phi) is 8.81. The molecule has 288 valence electrons. The van der Waals surface area contributed by atoms with E-state index in [-0.39, 0.29) is 11.2 Å². The van der Waals surface area contributed by atoms with Crippen LogP contribution in [0.5, 0.6) is 17.5 Å². The van der Waals surface area contributed by atoms with Crippen molar-refractivity contribution in [2.45, 2.75) is 65.2 Å². The van der Waals surface area contributed by atoms with Crippen molar-refractivity contribution >= 4 is 22.9 Å². The molecule has 6 heteroatoms. The van der Waals surface area contributed by atoms with Gasteiger partial charge in [0.25, 0.3) is 0 Å². The second-order valence-electron chi connectivity index (χ2n) is 17.0. The Hall–Kier alpha value is -6.40. The molecule has 5 aromatic carbocycles. The summed E-state index contributed by atoms with van der Waals surface area (Å²) >= 11 is 0. The van der Waals surface area contributed by atoms with Gasteiger partial charge in [-0.2, -0.15) is 4.98 Å². The van der Waals surface area contributed by atoms with Gasteiger partial charge in [-0.05, 0) is 130 Å². The number of phenolic OH excluding ortho intramolecular Hbond substituents is 1. The predicted octanol–water partition coefficient (Wildman–Crippen LogP) is 12.7. The molecular formula is C52H48N4O2. The minimum absolute atomic E-state index is 0.134. The summed E-state index contributed by atoms with van der Waals surface area (Å²) in [4.78, 5) is 14.9. The zero-order valence-corrected chi connectivity index (χ0v) is 33.6. The summed E-state index contributed by atoms with van der Waals surface area (Å²) in [5.74, 6) is 2.56. The van der Waals surface area contributed by atoms with E-state index in [1.54, 1.807) is 0 Å². The number of ether oxygens (including phenoxy) is 1. The number of pyridine rings is 2. The average molecular weight is 761 g/mol. The van der Waals surface area contributed by atoms with Crippen molar-refractivity contribution in [1.82, 2.24) is 9.97 Å². The fourth-order valence-corrected chi connectivity index (χ4v) is 9.86. The highest BCUT2D eigenvalue weighted by molar-refractivity contribution is 5.87. The number of rotatable bonds is 8. The lowest BCUT2D eigenvalue weighted by atomic mass is 9.81. The highest BCUT2D eigenvalue weighted by atomic mass is 16.5. The van der Waals surface area contributed by atoms with Gasteiger partial charge in [-0.15, -0.1) is 0 Å². The summed E-state index contributed by atoms with van der Waals surface area (Å²) < 4.78 is 6.75. The zero-order chi connectivity index (χ0) is 39.5. The molecule has 0 amide bonds. The van der Waals surface area contributed by atoms with Gasteiger partial charge in [0.2, 0.25) is 11.8 Å². The smallest absolute Gasteiger partial charge is 0.223 e. The van der Waals surface area contributed by atoms with E-state index in [0.29, 0.717) is 36.0 Å². The quantitative estimate of drug-likeness (QED) is 0.166. The van der Waals surface area contributed by atoms with Crippen LogP contribution < -0.4 is 14.5 Å². The van der Waals surface area contributed by atoms with Gasteiger partial charge in [0, 0.05) is 23.4 Å². The van der Waals surface area contributed by atoms with Crippen molar-refractivity contribution in [2.24, 2.45) is 5.41 Å². The number of aromatic nitrogens is 2. The first-order valence-corrected chi connectivity index (χ1v) is 20.6. The summed E-state index contributed by atoms with van der Waals surface area (Å²) in [5.41, 5.74) is 15.2. The van der Waals surface area contributed by atoms with E-state index in [9.17, 15) is 5.11 Å². The number of aromatic hydroxyl groups is 1. The molecule has 10 rings (SSSR count). The van der Waals surface area contributed by atoms with E-state index < -0.39 is 0 Å². The molecule has 7 aromatic rings. The fraction of sp³-hybridized carbons (Fsp3) is 0.231. The van der Waals surface area contributed by atoms with Gasteiger partial charge < -0.3 is 19.6 Å². The van der Waals surface area contributed by atoms with E-state index in [1.165, 1.54) is 38.9 Å². The van der Waals surface area contributed by atoms with Crippen LogP contribution in [0, 0.1) is 5.41 Å². The normalized spacial score (nSPS) is 15.0. The lowest BCUT2D eigenvalue weighted by Crippen LogP contribution is -2.24. The maximum absolute atomic E-state index is 11.5. The Morgan fingerprint density at radius 2 is 1.21 bits per heavy atom. The summed E-state index contributed by atoms with van der Waals surface area (Å²) in [6.07, 6.45) is 4.02. The first-order valence-electron chi connectivity index (χ1n) is 20.6. The standard InChI is InChI=1S/C52H48N4O2/c1-33(2)40-18-12-19-41(34(3)4)50(40)38-26-47(56-32-55(39-16-6-5-7-17-39)44-21-10-11-22-45(44)56)54-49(27-38)58-48-23-13-20-43(53-48)51-42-31-52(30-37(42)24-25-46(51)57)28-35-14-8-9-15-36(35)29-52/h5-27,33-34,57H,28-32H2,1-4H3. The summed E-state index contributed by atoms with van der Waals surface area (Å²) in [6, 6.07) is 48.6. The number of benzene rings is 5. The van der Waals surface area contributed by atoms with Gasteiger partial charge in [-0.25, -0.2) is 4.98 Å². The summed E-state index contributed by atoms with van der Waals surface area (Å²) in [6.45, 7) is 9.64. The third-order valence-corrected chi connectivity index (χ3v) is 12.5. The number of para-hydroxylation sites is 3. The lowest BCUT2D eigenvalue weighted by Gasteiger charge is -2.24. The number of hydrogen-bond acceptors (Lipinski definition) is 6. The van der Waals surface area contributed by atoms with Crippen molar-refractivity contribution in [3.63, 3.8) is 0 Å². The number of nitrogens with zero attached hydrogens (tertiary/aromatic N) is 4. The minimum atomic E-state index is 0.134. The Morgan fingerprint density at radius 3 is 1.91 bits per heavy atom. The molecule has 6 nitrogen and oxygen atoms in total. The zero-order valence-electron chi connectivity index (χ0n) is 33.6. The maximum atomic E-state index is 11.5. The van der Waals surface area contributed by atoms with Crippen LogP contribution in [0.2, 0.25) is 0 Å². The molecule has 0 unspecified atom stereocenters. The molecule has 1 spiro atoms. The van der Waals surface area contributed by atoms with E-state index in [4.69, 9.17) is 14.7 Å². The Balaban J connectivity index is 1.06. The fourth-order valence-electron chi connectivity index (χ4n) is 9.86. The molecule has 0 saturated carbocycles. The van der Waals surface area contributed by atoms with Crippen LogP contribution >= 0.6 is 0 Å². The highest BCUT2D eigenvalue weighted by Gasteiger charge is 2.43. The molecule has 0 saturated heterocycles. The largest absolute Gasteiger partial charge is 0.507 e. The molecule has 2 aliphatic carbocycles. The number of hydrogen-bond donors (Lipinski definition) is 1. The minimum Gasteiger partial charge on any atom is -0.507 e. The third kappa shape index (κ3) is 6.28. The van der Waals surface area contributed by atoms with Crippen LogP contribution in [-0.2, 0) is 25.7 Å². The lowest BCUT2D eigenvalue weighted by molar-refractivity contribution is 0.326. The van der Waals surface area contributed by atoms with Crippen molar-refractivity contribution < 1.29 is 9.84 Å². The first-order chi connectivity index (χ1) is 28.2. The van der Waals surface area contributed by atoms with Crippen molar-refractivity contribution in [3.05, 3.63) is 173 Å². The van der Waals surface area contributed by atoms with E-state index in [2.05, 4.69) is 153 Å². The predicted molar refractivity (Wildman–Crippen MR) is 235 cm³/mol. The average Bonchev–Trinajstić information content (AvgIpc) is 3.92. The molecular weight excluding hydrogens is 713 g/mol. The number of fused-ring (bicyclic) bond motifs is 3. The maximum Gasteiger partial charge on any atom is 0.223 e. The van der Waals surface area contributed by atoms with Gasteiger partial charge in [0.05, 0.1) is 17.1 Å². The third-order valence-electron chi connectivity index (χ3n) is 12.5. The SMILES string of the molecule is CC(C)c1cccc(C(C)C)c1-c1cc(Oc2cccc(-c3c(O)ccc4c3CC3(Cc5ccccc5C3)C4)n2)nc(N2CN(c3ccccc3)c3ccccc32)c1. The Bertz CT molecular complexity index is 2630. The molecule has 3 aliphatic rings. The Morgan fingerprint density at radius 1 is 0.569 bits per heavy atom. The molecule has 58 heavy (non-hydrogen) atoms. The van der Waals surface area contributed by atoms with E-state index in [0.717, 1.165) is 59.7 Å². The van der Waals surface area contributed by atoms with Crippen molar-refractivity contribution in [3.8, 4) is 39.9 Å². The second-order valence-corrected chi connectivity index (χ2v) is 17.0. The summed E-state index contributed by atoms with van der Waals surface area (Å²) in [5, 5.41) is 11.5. The molecule has 3 heterocycles. The number of phenols is 1. The van der Waals surface area contributed by atoms with E-state index >= 15 is 0 Å². The molecule has 2 aromatic heterocycles. The van der Waals surface area contributed by atoms with Gasteiger partial charge in [-0.3, -0.25) is 0 Å². The first kappa shape index (κ1) is 36.0. The van der Waals surface area contributed by atoms with Crippen LogP contribution in [0.25, 0.3) is 22.4 Å². The van der Waals surface area contributed by atoms with Gasteiger partial charge in [0.15, 0.2) is 0 Å². The van der Waals surface area contributed by atoms with Gasteiger partial charge >= 0.3 is 0 Å². The highest BCUT2D eigenvalue weighted by Crippen LogP contribution is 2.51. The van der Waals surface area contributed by atoms with Crippen molar-refractivity contribution in [2.75, 3.05) is 16.5 Å². The number of anilines is 4. The monoisotopic (exact) mass is 760 g/mol. The Labute approximate surface area is 341 Å². The molecule has 0 bridgehead atoms. The summed E-state index contributed by atoms with van der Waals surface area (Å²) in [7, 11) is 0. The molecule has 0 fully saturated rings. The van der Waals surface area contributed by atoms with Gasteiger partial charge in [0.1, 0.15) is 18.2 Å². The van der Waals surface area contributed by atoms with Crippen LogP contribution in [0.4, 0.5) is 22.9 Å². The van der Waals surface area contributed by atoms with Crippen LogP contribution in [-0.4, -0.2) is 21.7 Å². The topological polar surface area (TPSA) is 61.7 Å². The van der Waals surface area contributed by atoms with E-state index in [1.807, 2.05) is 24.3 Å². The van der Waals surface area contributed by atoms with Gasteiger partial charge in [-0.1, -0.05) is 113 Å². The van der Waals surface area contributed by atoms with Crippen LogP contribution in [0.15, 0.2) is 140 Å². The second kappa shape index (κ2) is 14.2. The molecule has 1 aliphatic heterocycles. The van der Waals surface area contributed by atoms with Crippen molar-refractivity contribution in [1.29, 1.82) is 0 Å².